The molecular formula is C15H17ClFNOS. The minimum atomic E-state index is -0.395. The maximum absolute atomic E-state index is 14.1. The smallest absolute Gasteiger partial charge is 0.167 e. The molecule has 2 nitrogen and oxygen atoms in total. The van der Waals surface area contributed by atoms with Crippen molar-refractivity contribution in [3.05, 3.63) is 50.9 Å². The van der Waals surface area contributed by atoms with Crippen molar-refractivity contribution in [2.75, 3.05) is 0 Å². The summed E-state index contributed by atoms with van der Waals surface area (Å²) in [6, 6.07) is 8.55. The molecule has 1 heterocycles. The van der Waals surface area contributed by atoms with Crippen LogP contribution in [0.15, 0.2) is 30.3 Å². The van der Waals surface area contributed by atoms with Gasteiger partial charge in [-0.25, -0.2) is 4.39 Å². The van der Waals surface area contributed by atoms with E-state index in [1.54, 1.807) is 31.2 Å². The third kappa shape index (κ3) is 3.32. The Morgan fingerprint density at radius 2 is 2.10 bits per heavy atom. The third-order valence-corrected chi connectivity index (χ3v) is 4.44. The highest BCUT2D eigenvalue weighted by Crippen LogP contribution is 2.33. The Morgan fingerprint density at radius 1 is 1.35 bits per heavy atom. The second-order valence-electron chi connectivity index (χ2n) is 4.64. The van der Waals surface area contributed by atoms with Crippen LogP contribution in [-0.4, -0.2) is 6.04 Å². The van der Waals surface area contributed by atoms with Crippen molar-refractivity contribution >= 4 is 22.9 Å². The van der Waals surface area contributed by atoms with Gasteiger partial charge in [-0.2, -0.15) is 0 Å². The van der Waals surface area contributed by atoms with E-state index >= 15 is 0 Å². The fourth-order valence-corrected chi connectivity index (χ4v) is 3.07. The summed E-state index contributed by atoms with van der Waals surface area (Å²) in [5.41, 5.74) is 6.66. The largest absolute Gasteiger partial charge is 0.480 e. The number of hydrogen-bond donors (Lipinski definition) is 1. The SMILES string of the molecule is CCC(N)C(Oc1cccc(C)c1F)c1ccc(Cl)s1. The van der Waals surface area contributed by atoms with E-state index in [4.69, 9.17) is 22.1 Å². The Labute approximate surface area is 127 Å². The Hall–Kier alpha value is -1.10. The van der Waals surface area contributed by atoms with Crippen LogP contribution >= 0.6 is 22.9 Å². The van der Waals surface area contributed by atoms with Crippen LogP contribution in [0.3, 0.4) is 0 Å². The average molecular weight is 314 g/mol. The third-order valence-electron chi connectivity index (χ3n) is 3.14. The summed E-state index contributed by atoms with van der Waals surface area (Å²) in [6.45, 7) is 3.68. The summed E-state index contributed by atoms with van der Waals surface area (Å²) in [5.74, 6) is -0.119. The summed E-state index contributed by atoms with van der Waals surface area (Å²) in [4.78, 5) is 0.908. The van der Waals surface area contributed by atoms with Crippen LogP contribution in [0.2, 0.25) is 4.34 Å². The minimum absolute atomic E-state index is 0.218. The van der Waals surface area contributed by atoms with Crippen molar-refractivity contribution in [2.24, 2.45) is 5.73 Å². The quantitative estimate of drug-likeness (QED) is 0.868. The lowest BCUT2D eigenvalue weighted by Crippen LogP contribution is -2.31. The zero-order chi connectivity index (χ0) is 14.7. The standard InChI is InChI=1S/C15H17ClFNOS/c1-3-10(18)15(12-7-8-13(16)20-12)19-11-6-4-5-9(2)14(11)17/h4-8,10,15H,3,18H2,1-2H3. The summed E-state index contributed by atoms with van der Waals surface area (Å²) < 4.78 is 20.6. The highest BCUT2D eigenvalue weighted by atomic mass is 35.5. The molecule has 2 N–H and O–H groups in total. The lowest BCUT2D eigenvalue weighted by Gasteiger charge is -2.23. The highest BCUT2D eigenvalue weighted by Gasteiger charge is 2.23. The monoisotopic (exact) mass is 313 g/mol. The lowest BCUT2D eigenvalue weighted by atomic mass is 10.1. The summed E-state index contributed by atoms with van der Waals surface area (Å²) >= 11 is 7.37. The van der Waals surface area contributed by atoms with Gasteiger partial charge in [0.25, 0.3) is 0 Å². The molecule has 20 heavy (non-hydrogen) atoms. The number of hydrogen-bond acceptors (Lipinski definition) is 3. The van der Waals surface area contributed by atoms with Gasteiger partial charge in [0.05, 0.1) is 4.34 Å². The maximum atomic E-state index is 14.1. The summed E-state index contributed by atoms with van der Waals surface area (Å²) in [7, 11) is 0. The Kier molecular flexibility index (Phi) is 5.02. The molecule has 1 aromatic carbocycles. The number of aryl methyl sites for hydroxylation is 1. The lowest BCUT2D eigenvalue weighted by molar-refractivity contribution is 0.167. The van der Waals surface area contributed by atoms with Gasteiger partial charge in [0.1, 0.15) is 6.10 Å². The number of nitrogens with two attached hydrogens (primary N) is 1. The van der Waals surface area contributed by atoms with E-state index < -0.39 is 6.10 Å². The summed E-state index contributed by atoms with van der Waals surface area (Å²) in [5, 5.41) is 0. The first-order valence-corrected chi connectivity index (χ1v) is 7.65. The second-order valence-corrected chi connectivity index (χ2v) is 6.39. The van der Waals surface area contributed by atoms with Crippen molar-refractivity contribution in [1.29, 1.82) is 0 Å². The van der Waals surface area contributed by atoms with E-state index in [0.29, 0.717) is 9.90 Å². The normalized spacial score (nSPS) is 14.1. The summed E-state index contributed by atoms with van der Waals surface area (Å²) in [6.07, 6.45) is 0.335. The Bertz CT molecular complexity index is 587. The molecule has 2 atom stereocenters. The van der Waals surface area contributed by atoms with E-state index in [1.807, 2.05) is 13.0 Å². The van der Waals surface area contributed by atoms with E-state index in [-0.39, 0.29) is 17.6 Å². The maximum Gasteiger partial charge on any atom is 0.167 e. The van der Waals surface area contributed by atoms with Gasteiger partial charge in [-0.05, 0) is 37.1 Å². The van der Waals surface area contributed by atoms with Crippen LogP contribution in [-0.2, 0) is 0 Å². The van der Waals surface area contributed by atoms with Crippen molar-refractivity contribution in [3.8, 4) is 5.75 Å². The highest BCUT2D eigenvalue weighted by molar-refractivity contribution is 7.16. The molecule has 0 fully saturated rings. The Balaban J connectivity index is 2.31. The number of rotatable bonds is 5. The number of thiophene rings is 1. The molecular weight excluding hydrogens is 297 g/mol. The predicted octanol–water partition coefficient (Wildman–Crippen LogP) is 4.71. The van der Waals surface area contributed by atoms with Gasteiger partial charge in [-0.3, -0.25) is 0 Å². The van der Waals surface area contributed by atoms with Crippen LogP contribution in [0.5, 0.6) is 5.75 Å². The number of halogens is 2. The number of benzene rings is 1. The van der Waals surface area contributed by atoms with Gasteiger partial charge in [-0.1, -0.05) is 30.7 Å². The van der Waals surface area contributed by atoms with Gasteiger partial charge in [0.15, 0.2) is 11.6 Å². The predicted molar refractivity (Wildman–Crippen MR) is 82.1 cm³/mol. The minimum Gasteiger partial charge on any atom is -0.480 e. The van der Waals surface area contributed by atoms with E-state index in [2.05, 4.69) is 0 Å². The number of ether oxygens (including phenoxy) is 1. The van der Waals surface area contributed by atoms with Crippen LogP contribution in [0, 0.1) is 12.7 Å². The van der Waals surface area contributed by atoms with Crippen LogP contribution in [0.4, 0.5) is 4.39 Å². The van der Waals surface area contributed by atoms with E-state index in [1.165, 1.54) is 11.3 Å². The molecule has 0 saturated heterocycles. The molecule has 2 rings (SSSR count). The fourth-order valence-electron chi connectivity index (χ4n) is 1.90. The molecule has 1 aromatic heterocycles. The van der Waals surface area contributed by atoms with Crippen molar-refractivity contribution in [1.82, 2.24) is 0 Å². The van der Waals surface area contributed by atoms with Gasteiger partial charge < -0.3 is 10.5 Å². The van der Waals surface area contributed by atoms with Gasteiger partial charge in [-0.15, -0.1) is 11.3 Å². The topological polar surface area (TPSA) is 35.2 Å². The molecule has 2 unspecified atom stereocenters. The second kappa shape index (κ2) is 6.57. The molecule has 0 aliphatic carbocycles. The van der Waals surface area contributed by atoms with Crippen LogP contribution in [0.1, 0.15) is 29.9 Å². The van der Waals surface area contributed by atoms with Gasteiger partial charge in [0, 0.05) is 10.9 Å². The first kappa shape index (κ1) is 15.3. The van der Waals surface area contributed by atoms with Gasteiger partial charge in [0.2, 0.25) is 0 Å². The Morgan fingerprint density at radius 3 is 2.70 bits per heavy atom. The molecule has 0 radical (unpaired) electrons. The molecule has 5 heteroatoms. The molecule has 0 amide bonds. The molecule has 0 saturated carbocycles. The molecule has 2 aromatic rings. The van der Waals surface area contributed by atoms with E-state index in [0.717, 1.165) is 11.3 Å². The van der Waals surface area contributed by atoms with E-state index in [9.17, 15) is 4.39 Å². The molecule has 108 valence electrons. The fraction of sp³-hybridized carbons (Fsp3) is 0.333. The first-order chi connectivity index (χ1) is 9.52. The van der Waals surface area contributed by atoms with Crippen LogP contribution in [0.25, 0.3) is 0 Å². The zero-order valence-corrected chi connectivity index (χ0v) is 13.0. The van der Waals surface area contributed by atoms with Crippen LogP contribution < -0.4 is 10.5 Å². The molecule has 0 aliphatic heterocycles. The van der Waals surface area contributed by atoms with Gasteiger partial charge >= 0.3 is 0 Å². The van der Waals surface area contributed by atoms with Crippen molar-refractivity contribution < 1.29 is 9.13 Å². The van der Waals surface area contributed by atoms with Crippen molar-refractivity contribution in [2.45, 2.75) is 32.4 Å². The van der Waals surface area contributed by atoms with Crippen molar-refractivity contribution in [3.63, 3.8) is 0 Å². The molecule has 0 aliphatic rings. The molecule has 0 bridgehead atoms. The zero-order valence-electron chi connectivity index (χ0n) is 11.4. The first-order valence-electron chi connectivity index (χ1n) is 6.45. The molecule has 0 spiro atoms. The average Bonchev–Trinajstić information content (AvgIpc) is 2.86.